The Kier molecular flexibility index (Phi) is 6.71. The maximum atomic E-state index is 13.1. The number of carbonyl (C=O) groups excluding carboxylic acids is 2. The lowest BCUT2D eigenvalue weighted by molar-refractivity contribution is -0.140. The van der Waals surface area contributed by atoms with Crippen LogP contribution >= 0.6 is 0 Å². The van der Waals surface area contributed by atoms with E-state index >= 15 is 0 Å². The van der Waals surface area contributed by atoms with Crippen molar-refractivity contribution in [2.45, 2.75) is 13.0 Å². The first-order chi connectivity index (χ1) is 15.9. The number of benzene rings is 1. The highest BCUT2D eigenvalue weighted by molar-refractivity contribution is 6.46. The molecule has 1 aromatic heterocycles. The van der Waals surface area contributed by atoms with Gasteiger partial charge in [-0.15, -0.1) is 0 Å². The molecule has 176 valence electrons. The fourth-order valence-corrected chi connectivity index (χ4v) is 4.22. The number of carbonyl (C=O) groups is 2. The normalized spacial score (nSPS) is 20.9. The van der Waals surface area contributed by atoms with Crippen molar-refractivity contribution in [1.82, 2.24) is 9.80 Å². The van der Waals surface area contributed by atoms with Gasteiger partial charge in [0.25, 0.3) is 11.7 Å². The third-order valence-electron chi connectivity index (χ3n) is 5.99. The van der Waals surface area contributed by atoms with Crippen molar-refractivity contribution >= 4 is 17.4 Å². The smallest absolute Gasteiger partial charge is 0.295 e. The van der Waals surface area contributed by atoms with Gasteiger partial charge in [-0.3, -0.25) is 14.5 Å². The quantitative estimate of drug-likeness (QED) is 0.385. The number of furan rings is 1. The van der Waals surface area contributed by atoms with Crippen LogP contribution < -0.4 is 9.47 Å². The van der Waals surface area contributed by atoms with Crippen molar-refractivity contribution < 1.29 is 33.3 Å². The summed E-state index contributed by atoms with van der Waals surface area (Å²) in [6.45, 7) is 5.50. The van der Waals surface area contributed by atoms with E-state index in [1.165, 1.54) is 19.1 Å². The summed E-state index contributed by atoms with van der Waals surface area (Å²) in [5, 5.41) is 11.2. The molecule has 1 N–H and O–H groups in total. The van der Waals surface area contributed by atoms with Gasteiger partial charge in [-0.2, -0.15) is 0 Å². The molecule has 1 aromatic carbocycles. The molecule has 4 rings (SSSR count). The average molecular weight is 456 g/mol. The Bertz CT molecular complexity index is 1070. The summed E-state index contributed by atoms with van der Waals surface area (Å²) in [5.41, 5.74) is 0.329. The topological polar surface area (TPSA) is 102 Å². The molecule has 1 amide bonds. The Labute approximate surface area is 192 Å². The predicted octanol–water partition coefficient (Wildman–Crippen LogP) is 2.36. The van der Waals surface area contributed by atoms with Gasteiger partial charge in [0, 0.05) is 31.7 Å². The largest absolute Gasteiger partial charge is 0.507 e. The molecule has 2 saturated heterocycles. The molecular formula is C24H28N2O7. The van der Waals surface area contributed by atoms with Crippen molar-refractivity contribution in [3.05, 3.63) is 53.0 Å². The standard InChI is InChI=1S/C24H28N2O7/c1-15-4-6-18(33-15)21-20(22(27)16-5-7-17(30-2)19(14-16)31-3)23(28)24(29)26(21)9-8-25-10-12-32-13-11-25/h4-7,14,21,27H,8-13H2,1-3H3/t21-/m0/s1. The van der Waals surface area contributed by atoms with Crippen LogP contribution in [-0.2, 0) is 14.3 Å². The summed E-state index contributed by atoms with van der Waals surface area (Å²) in [6, 6.07) is 7.49. The minimum Gasteiger partial charge on any atom is -0.507 e. The maximum Gasteiger partial charge on any atom is 0.295 e. The molecule has 2 aliphatic rings. The monoisotopic (exact) mass is 456 g/mol. The summed E-state index contributed by atoms with van der Waals surface area (Å²) in [7, 11) is 2.99. The highest BCUT2D eigenvalue weighted by Gasteiger charge is 2.47. The molecule has 2 fully saturated rings. The number of morpholine rings is 1. The van der Waals surface area contributed by atoms with E-state index < -0.39 is 17.7 Å². The lowest BCUT2D eigenvalue weighted by Crippen LogP contribution is -2.42. The Morgan fingerprint density at radius 1 is 1.06 bits per heavy atom. The Balaban J connectivity index is 1.73. The van der Waals surface area contributed by atoms with Gasteiger partial charge < -0.3 is 28.6 Å². The number of rotatable bonds is 7. The molecule has 0 bridgehead atoms. The maximum absolute atomic E-state index is 13.1. The van der Waals surface area contributed by atoms with Gasteiger partial charge in [0.05, 0.1) is 33.0 Å². The second kappa shape index (κ2) is 9.68. The average Bonchev–Trinajstić information content (AvgIpc) is 3.38. The van der Waals surface area contributed by atoms with E-state index in [9.17, 15) is 14.7 Å². The van der Waals surface area contributed by atoms with Crippen molar-refractivity contribution in [3.8, 4) is 11.5 Å². The van der Waals surface area contributed by atoms with E-state index in [1.807, 2.05) is 0 Å². The van der Waals surface area contributed by atoms with Crippen LogP contribution in [0.4, 0.5) is 0 Å². The lowest BCUT2D eigenvalue weighted by Gasteiger charge is -2.30. The summed E-state index contributed by atoms with van der Waals surface area (Å²) in [6.07, 6.45) is 0. The number of nitrogens with zero attached hydrogens (tertiary/aromatic N) is 2. The number of Topliss-reactive ketones (excluding diaryl/α,β-unsaturated/α-hetero) is 1. The zero-order valence-corrected chi connectivity index (χ0v) is 19.0. The molecule has 9 nitrogen and oxygen atoms in total. The number of aliphatic hydroxyl groups is 1. The van der Waals surface area contributed by atoms with Gasteiger partial charge in [-0.25, -0.2) is 0 Å². The molecular weight excluding hydrogens is 428 g/mol. The number of hydrogen-bond acceptors (Lipinski definition) is 8. The minimum absolute atomic E-state index is 0.0106. The first-order valence-corrected chi connectivity index (χ1v) is 10.8. The van der Waals surface area contributed by atoms with E-state index in [0.717, 1.165) is 13.1 Å². The van der Waals surface area contributed by atoms with Gasteiger partial charge in [0.1, 0.15) is 23.3 Å². The van der Waals surface area contributed by atoms with Crippen LogP contribution in [0, 0.1) is 6.92 Å². The third kappa shape index (κ3) is 4.46. The van der Waals surface area contributed by atoms with Crippen molar-refractivity contribution in [2.24, 2.45) is 0 Å². The van der Waals surface area contributed by atoms with Crippen LogP contribution in [0.2, 0.25) is 0 Å². The molecule has 33 heavy (non-hydrogen) atoms. The zero-order valence-electron chi connectivity index (χ0n) is 19.0. The first kappa shape index (κ1) is 22.9. The molecule has 0 aliphatic carbocycles. The number of hydrogen-bond donors (Lipinski definition) is 1. The van der Waals surface area contributed by atoms with Crippen LogP contribution in [0.25, 0.3) is 5.76 Å². The molecule has 0 spiro atoms. The molecule has 2 aliphatic heterocycles. The van der Waals surface area contributed by atoms with E-state index in [0.29, 0.717) is 54.9 Å². The van der Waals surface area contributed by atoms with Crippen LogP contribution in [-0.4, -0.2) is 80.2 Å². The van der Waals surface area contributed by atoms with E-state index in [-0.39, 0.29) is 11.3 Å². The minimum atomic E-state index is -0.826. The molecule has 0 saturated carbocycles. The number of aliphatic hydroxyl groups excluding tert-OH is 1. The number of ketones is 1. The summed E-state index contributed by atoms with van der Waals surface area (Å²) in [4.78, 5) is 29.8. The van der Waals surface area contributed by atoms with Gasteiger partial charge in [0.15, 0.2) is 11.5 Å². The van der Waals surface area contributed by atoms with Crippen molar-refractivity contribution in [2.75, 3.05) is 53.6 Å². The van der Waals surface area contributed by atoms with E-state index in [1.54, 1.807) is 37.3 Å². The fourth-order valence-electron chi connectivity index (χ4n) is 4.22. The van der Waals surface area contributed by atoms with Crippen LogP contribution in [0.5, 0.6) is 11.5 Å². The molecule has 1 atom stereocenters. The molecule has 3 heterocycles. The SMILES string of the molecule is COc1ccc(C(O)=C2C(=O)C(=O)N(CCN3CCOCC3)[C@H]2c2ccc(C)o2)cc1OC. The van der Waals surface area contributed by atoms with Gasteiger partial charge in [-0.05, 0) is 37.3 Å². The summed E-state index contributed by atoms with van der Waals surface area (Å²) < 4.78 is 21.8. The number of methoxy groups -OCH3 is 2. The second-order valence-electron chi connectivity index (χ2n) is 7.96. The summed E-state index contributed by atoms with van der Waals surface area (Å²) in [5.74, 6) is 0.257. The predicted molar refractivity (Wildman–Crippen MR) is 119 cm³/mol. The van der Waals surface area contributed by atoms with Crippen LogP contribution in [0.1, 0.15) is 23.1 Å². The highest BCUT2D eigenvalue weighted by Crippen LogP contribution is 2.41. The second-order valence-corrected chi connectivity index (χ2v) is 7.96. The Morgan fingerprint density at radius 3 is 2.42 bits per heavy atom. The highest BCUT2D eigenvalue weighted by atomic mass is 16.5. The lowest BCUT2D eigenvalue weighted by atomic mass is 9.99. The molecule has 2 aromatic rings. The first-order valence-electron chi connectivity index (χ1n) is 10.8. The van der Waals surface area contributed by atoms with E-state index in [2.05, 4.69) is 4.90 Å². The van der Waals surface area contributed by atoms with Crippen LogP contribution in [0.15, 0.2) is 40.3 Å². The molecule has 0 unspecified atom stereocenters. The molecule has 0 radical (unpaired) electrons. The van der Waals surface area contributed by atoms with Gasteiger partial charge in [0.2, 0.25) is 0 Å². The van der Waals surface area contributed by atoms with Crippen LogP contribution in [0.3, 0.4) is 0 Å². The molecule has 9 heteroatoms. The number of likely N-dealkylation sites (tertiary alicyclic amines) is 1. The summed E-state index contributed by atoms with van der Waals surface area (Å²) >= 11 is 0. The van der Waals surface area contributed by atoms with Gasteiger partial charge in [-0.1, -0.05) is 0 Å². The number of ether oxygens (including phenoxy) is 3. The van der Waals surface area contributed by atoms with Gasteiger partial charge >= 0.3 is 0 Å². The van der Waals surface area contributed by atoms with Crippen molar-refractivity contribution in [3.63, 3.8) is 0 Å². The number of amides is 1. The third-order valence-corrected chi connectivity index (χ3v) is 5.99. The van der Waals surface area contributed by atoms with E-state index in [4.69, 9.17) is 18.6 Å². The van der Waals surface area contributed by atoms with Crippen molar-refractivity contribution in [1.29, 1.82) is 0 Å². The Hall–Kier alpha value is -3.30. The Morgan fingerprint density at radius 2 is 1.79 bits per heavy atom. The zero-order chi connectivity index (χ0) is 23.5. The number of aryl methyl sites for hydroxylation is 1. The fraction of sp³-hybridized carbons (Fsp3) is 0.417.